The van der Waals surface area contributed by atoms with Gasteiger partial charge in [0.15, 0.2) is 5.69 Å². The van der Waals surface area contributed by atoms with Crippen molar-refractivity contribution in [1.29, 1.82) is 0 Å². The number of hydrogen-bond acceptors (Lipinski definition) is 2. The SMILES string of the molecule is COc1ccccc1-c1ccc2c([n+]1[O-])[C@H](C(C)C)[C@@H]1C[C@H]2C1(C)C. The zero-order valence-electron chi connectivity index (χ0n) is 15.7. The van der Waals surface area contributed by atoms with Crippen molar-refractivity contribution in [1.82, 2.24) is 0 Å². The second kappa shape index (κ2) is 5.48. The van der Waals surface area contributed by atoms with E-state index in [9.17, 15) is 5.21 Å². The van der Waals surface area contributed by atoms with Crippen LogP contribution in [0.25, 0.3) is 11.3 Å². The maximum absolute atomic E-state index is 13.4. The number of hydrogen-bond donors (Lipinski definition) is 0. The predicted octanol–water partition coefficient (Wildman–Crippen LogP) is 4.88. The summed E-state index contributed by atoms with van der Waals surface area (Å²) in [6.45, 7) is 9.23. The molecule has 5 rings (SSSR count). The highest BCUT2D eigenvalue weighted by Gasteiger charge is 2.60. The summed E-state index contributed by atoms with van der Waals surface area (Å²) in [5, 5.41) is 13.4. The number of ether oxygens (including phenoxy) is 1. The lowest BCUT2D eigenvalue weighted by atomic mass is 9.43. The molecule has 1 aromatic carbocycles. The molecule has 1 fully saturated rings. The number of para-hydroxylation sites is 1. The number of methoxy groups -OCH3 is 1. The quantitative estimate of drug-likeness (QED) is 0.591. The Morgan fingerprint density at radius 3 is 2.52 bits per heavy atom. The lowest BCUT2D eigenvalue weighted by molar-refractivity contribution is -0.608. The van der Waals surface area contributed by atoms with Gasteiger partial charge in [-0.3, -0.25) is 0 Å². The van der Waals surface area contributed by atoms with Gasteiger partial charge in [-0.15, -0.1) is 0 Å². The first-order chi connectivity index (χ1) is 11.9. The predicted molar refractivity (Wildman–Crippen MR) is 99.6 cm³/mol. The fraction of sp³-hybridized carbons (Fsp3) is 0.500. The standard InChI is InChI=1S/C22H27NO2/c1-13(2)20-17-12-16(22(17,3)4)14-10-11-18(23(24)21(14)20)15-8-6-7-9-19(15)25-5/h6-11,13,16-17,20H,12H2,1-5H3/t16-,17+,20-/m1/s1. The highest BCUT2D eigenvalue weighted by atomic mass is 16.5. The molecule has 3 aliphatic carbocycles. The normalized spacial score (nSPS) is 26.1. The summed E-state index contributed by atoms with van der Waals surface area (Å²) >= 11 is 0. The van der Waals surface area contributed by atoms with Crippen molar-refractivity contribution in [2.45, 2.75) is 46.0 Å². The van der Waals surface area contributed by atoms with Gasteiger partial charge >= 0.3 is 0 Å². The minimum Gasteiger partial charge on any atom is -0.618 e. The van der Waals surface area contributed by atoms with Gasteiger partial charge in [-0.25, -0.2) is 0 Å². The third-order valence-electron chi connectivity index (χ3n) is 6.72. The summed E-state index contributed by atoms with van der Waals surface area (Å²) in [6, 6.07) is 11.9. The van der Waals surface area contributed by atoms with Gasteiger partial charge in [-0.05, 0) is 47.8 Å². The molecular weight excluding hydrogens is 310 g/mol. The Bertz CT molecular complexity index is 825. The van der Waals surface area contributed by atoms with Gasteiger partial charge in [-0.2, -0.15) is 4.73 Å². The topological polar surface area (TPSA) is 36.2 Å². The van der Waals surface area contributed by atoms with Crippen molar-refractivity contribution in [3.63, 3.8) is 0 Å². The van der Waals surface area contributed by atoms with Crippen LogP contribution in [0, 0.1) is 22.5 Å². The largest absolute Gasteiger partial charge is 0.618 e. The van der Waals surface area contributed by atoms with Crippen molar-refractivity contribution < 1.29 is 9.47 Å². The Morgan fingerprint density at radius 1 is 1.16 bits per heavy atom. The van der Waals surface area contributed by atoms with Gasteiger partial charge in [0.2, 0.25) is 5.69 Å². The summed E-state index contributed by atoms with van der Waals surface area (Å²) < 4.78 is 6.68. The smallest absolute Gasteiger partial charge is 0.227 e. The van der Waals surface area contributed by atoms with E-state index in [0.29, 0.717) is 34.8 Å². The monoisotopic (exact) mass is 337 g/mol. The summed E-state index contributed by atoms with van der Waals surface area (Å²) in [5.41, 5.74) is 4.12. The summed E-state index contributed by atoms with van der Waals surface area (Å²) in [4.78, 5) is 0. The maximum Gasteiger partial charge on any atom is 0.227 e. The summed E-state index contributed by atoms with van der Waals surface area (Å²) in [6.07, 6.45) is 1.22. The van der Waals surface area contributed by atoms with Crippen molar-refractivity contribution in [3.8, 4) is 17.0 Å². The Morgan fingerprint density at radius 2 is 1.88 bits per heavy atom. The summed E-state index contributed by atoms with van der Waals surface area (Å²) in [7, 11) is 1.65. The third-order valence-corrected chi connectivity index (χ3v) is 6.72. The van der Waals surface area contributed by atoms with Crippen LogP contribution in [0.1, 0.15) is 57.2 Å². The molecule has 2 bridgehead atoms. The van der Waals surface area contributed by atoms with Crippen molar-refractivity contribution in [3.05, 3.63) is 52.9 Å². The van der Waals surface area contributed by atoms with E-state index < -0.39 is 0 Å². The van der Waals surface area contributed by atoms with E-state index in [-0.39, 0.29) is 0 Å². The second-order valence-electron chi connectivity index (χ2n) is 8.54. The third kappa shape index (κ3) is 2.14. The van der Waals surface area contributed by atoms with Gasteiger partial charge in [-0.1, -0.05) is 39.8 Å². The molecule has 1 aromatic heterocycles. The lowest BCUT2D eigenvalue weighted by Gasteiger charge is -2.59. The number of benzene rings is 1. The Labute approximate surface area is 150 Å². The first kappa shape index (κ1) is 16.4. The number of aromatic nitrogens is 1. The molecule has 0 N–H and O–H groups in total. The summed E-state index contributed by atoms with van der Waals surface area (Å²) in [5.74, 6) is 2.63. The molecule has 0 spiro atoms. The highest BCUT2D eigenvalue weighted by molar-refractivity contribution is 5.65. The van der Waals surface area contributed by atoms with Crippen LogP contribution >= 0.6 is 0 Å². The minimum atomic E-state index is 0.293. The van der Waals surface area contributed by atoms with Crippen LogP contribution in [0.15, 0.2) is 36.4 Å². The molecule has 25 heavy (non-hydrogen) atoms. The molecule has 2 aromatic rings. The Hall–Kier alpha value is -2.03. The molecule has 3 heteroatoms. The fourth-order valence-corrected chi connectivity index (χ4v) is 5.31. The Kier molecular flexibility index (Phi) is 3.61. The van der Waals surface area contributed by atoms with E-state index in [2.05, 4.69) is 33.8 Å². The van der Waals surface area contributed by atoms with E-state index in [0.717, 1.165) is 17.0 Å². The van der Waals surface area contributed by atoms with Crippen LogP contribution < -0.4 is 9.47 Å². The fourth-order valence-electron chi connectivity index (χ4n) is 5.31. The molecule has 0 unspecified atom stereocenters. The van der Waals surface area contributed by atoms with Crippen molar-refractivity contribution >= 4 is 0 Å². The average Bonchev–Trinajstić information content (AvgIpc) is 2.60. The van der Waals surface area contributed by atoms with E-state index >= 15 is 0 Å². The molecule has 3 nitrogen and oxygen atoms in total. The minimum absolute atomic E-state index is 0.293. The van der Waals surface area contributed by atoms with Crippen molar-refractivity contribution in [2.24, 2.45) is 17.3 Å². The second-order valence-corrected chi connectivity index (χ2v) is 8.54. The molecule has 132 valence electrons. The van der Waals surface area contributed by atoms with E-state index in [1.54, 1.807) is 7.11 Å². The van der Waals surface area contributed by atoms with E-state index in [1.165, 1.54) is 16.7 Å². The molecule has 1 saturated carbocycles. The zero-order valence-corrected chi connectivity index (χ0v) is 15.7. The number of rotatable bonds is 3. The zero-order chi connectivity index (χ0) is 17.9. The van der Waals surface area contributed by atoms with E-state index in [4.69, 9.17) is 4.74 Å². The van der Waals surface area contributed by atoms with Crippen LogP contribution in [0.5, 0.6) is 5.75 Å². The number of nitrogens with zero attached hydrogens (tertiary/aromatic N) is 1. The molecule has 3 atom stereocenters. The number of pyridine rings is 1. The Balaban J connectivity index is 1.93. The molecular formula is C22H27NO2. The van der Waals surface area contributed by atoms with E-state index in [1.807, 2.05) is 30.3 Å². The average molecular weight is 337 g/mol. The molecule has 3 aliphatic rings. The van der Waals surface area contributed by atoms with Crippen LogP contribution in [-0.2, 0) is 0 Å². The van der Waals surface area contributed by atoms with Gasteiger partial charge in [0.1, 0.15) is 5.75 Å². The van der Waals surface area contributed by atoms with Gasteiger partial charge < -0.3 is 9.94 Å². The maximum atomic E-state index is 13.4. The van der Waals surface area contributed by atoms with Gasteiger partial charge in [0, 0.05) is 11.6 Å². The van der Waals surface area contributed by atoms with Crippen LogP contribution in [-0.4, -0.2) is 7.11 Å². The first-order valence-electron chi connectivity index (χ1n) is 9.27. The van der Waals surface area contributed by atoms with Gasteiger partial charge in [0.25, 0.3) is 0 Å². The lowest BCUT2D eigenvalue weighted by Crippen LogP contribution is -2.56. The van der Waals surface area contributed by atoms with Crippen LogP contribution in [0.3, 0.4) is 0 Å². The molecule has 0 aliphatic heterocycles. The van der Waals surface area contributed by atoms with Crippen LogP contribution in [0.2, 0.25) is 0 Å². The molecule has 0 amide bonds. The van der Waals surface area contributed by atoms with Crippen molar-refractivity contribution in [2.75, 3.05) is 7.11 Å². The first-order valence-corrected chi connectivity index (χ1v) is 9.27. The highest BCUT2D eigenvalue weighted by Crippen LogP contribution is 2.67. The molecule has 0 radical (unpaired) electrons. The molecule has 0 saturated heterocycles. The van der Waals surface area contributed by atoms with Gasteiger partial charge in [0.05, 0.1) is 18.6 Å². The van der Waals surface area contributed by atoms with Crippen LogP contribution in [0.4, 0.5) is 0 Å². The molecule has 1 heterocycles.